The molecule has 0 radical (unpaired) electrons. The Bertz CT molecular complexity index is 599. The second kappa shape index (κ2) is 6.57. The summed E-state index contributed by atoms with van der Waals surface area (Å²) in [4.78, 5) is 12.4. The summed E-state index contributed by atoms with van der Waals surface area (Å²) < 4.78 is 0. The van der Waals surface area contributed by atoms with Gasteiger partial charge in [-0.2, -0.15) is 5.10 Å². The largest absolute Gasteiger partial charge is 0.345 e. The summed E-state index contributed by atoms with van der Waals surface area (Å²) in [6.07, 6.45) is 2.59. The summed E-state index contributed by atoms with van der Waals surface area (Å²) in [7, 11) is 0. The average molecular weight is 285 g/mol. The quantitative estimate of drug-likeness (QED) is 0.884. The highest BCUT2D eigenvalue weighted by Gasteiger charge is 2.20. The molecule has 0 aliphatic carbocycles. The van der Waals surface area contributed by atoms with E-state index in [9.17, 15) is 4.79 Å². The van der Waals surface area contributed by atoms with E-state index in [1.54, 1.807) is 6.20 Å². The summed E-state index contributed by atoms with van der Waals surface area (Å²) >= 11 is 0. The van der Waals surface area contributed by atoms with Gasteiger partial charge in [0.05, 0.1) is 17.8 Å². The predicted molar refractivity (Wildman–Crippen MR) is 84.2 cm³/mol. The molecule has 4 heteroatoms. The number of aromatic nitrogens is 2. The summed E-state index contributed by atoms with van der Waals surface area (Å²) in [5, 5.41) is 9.82. The minimum Gasteiger partial charge on any atom is -0.345 e. The SMILES string of the molecule is CCc1ccc(C(NC(=O)c2cn[nH]c2C)C(C)C)cc1. The maximum atomic E-state index is 12.4. The Labute approximate surface area is 126 Å². The van der Waals surface area contributed by atoms with Crippen molar-refractivity contribution < 1.29 is 4.79 Å². The molecular formula is C17H23N3O. The third-order valence-electron chi connectivity index (χ3n) is 3.77. The number of H-pyrrole nitrogens is 1. The van der Waals surface area contributed by atoms with Crippen LogP contribution in [0.3, 0.4) is 0 Å². The van der Waals surface area contributed by atoms with Gasteiger partial charge in [0.15, 0.2) is 0 Å². The standard InChI is InChI=1S/C17H23N3O/c1-5-13-6-8-14(9-7-13)16(11(2)3)19-17(21)15-10-18-20-12(15)4/h6-11,16H,5H2,1-4H3,(H,18,20)(H,19,21). The molecule has 2 aromatic rings. The number of amides is 1. The summed E-state index contributed by atoms with van der Waals surface area (Å²) in [6, 6.07) is 8.45. The first-order valence-electron chi connectivity index (χ1n) is 7.42. The minimum absolute atomic E-state index is 0.00212. The van der Waals surface area contributed by atoms with Gasteiger partial charge in [0.1, 0.15) is 0 Å². The van der Waals surface area contributed by atoms with Gasteiger partial charge in [-0.15, -0.1) is 0 Å². The topological polar surface area (TPSA) is 57.8 Å². The number of nitrogens with one attached hydrogen (secondary N) is 2. The van der Waals surface area contributed by atoms with Crippen molar-refractivity contribution in [2.45, 2.75) is 40.2 Å². The fourth-order valence-corrected chi connectivity index (χ4v) is 2.39. The molecule has 0 fully saturated rings. The predicted octanol–water partition coefficient (Wildman–Crippen LogP) is 3.41. The van der Waals surface area contributed by atoms with Crippen molar-refractivity contribution in [3.63, 3.8) is 0 Å². The third kappa shape index (κ3) is 3.51. The van der Waals surface area contributed by atoms with Gasteiger partial charge in [0.25, 0.3) is 5.91 Å². The molecule has 0 spiro atoms. The normalized spacial score (nSPS) is 12.4. The first-order chi connectivity index (χ1) is 10.0. The van der Waals surface area contributed by atoms with Crippen molar-refractivity contribution in [2.75, 3.05) is 0 Å². The zero-order valence-corrected chi connectivity index (χ0v) is 13.1. The van der Waals surface area contributed by atoms with Gasteiger partial charge < -0.3 is 5.32 Å². The lowest BCUT2D eigenvalue weighted by atomic mass is 9.94. The summed E-state index contributed by atoms with van der Waals surface area (Å²) in [5.74, 6) is 0.230. The molecule has 0 saturated carbocycles. The second-order valence-electron chi connectivity index (χ2n) is 5.70. The van der Waals surface area contributed by atoms with Crippen LogP contribution in [-0.2, 0) is 6.42 Å². The maximum Gasteiger partial charge on any atom is 0.255 e. The van der Waals surface area contributed by atoms with Crippen molar-refractivity contribution in [3.05, 3.63) is 52.8 Å². The lowest BCUT2D eigenvalue weighted by molar-refractivity contribution is 0.0925. The number of aromatic amines is 1. The molecule has 0 aliphatic heterocycles. The van der Waals surface area contributed by atoms with Gasteiger partial charge in [0.2, 0.25) is 0 Å². The van der Waals surface area contributed by atoms with Crippen LogP contribution in [0.4, 0.5) is 0 Å². The number of aryl methyl sites for hydroxylation is 2. The van der Waals surface area contributed by atoms with Crippen molar-refractivity contribution in [3.8, 4) is 0 Å². The minimum atomic E-state index is -0.0838. The van der Waals surface area contributed by atoms with Crippen molar-refractivity contribution >= 4 is 5.91 Å². The fourth-order valence-electron chi connectivity index (χ4n) is 2.39. The molecule has 1 amide bonds. The number of rotatable bonds is 5. The lowest BCUT2D eigenvalue weighted by Gasteiger charge is -2.23. The molecule has 0 bridgehead atoms. The Balaban J connectivity index is 2.19. The van der Waals surface area contributed by atoms with E-state index in [4.69, 9.17) is 0 Å². The fraction of sp³-hybridized carbons (Fsp3) is 0.412. The first-order valence-corrected chi connectivity index (χ1v) is 7.42. The van der Waals surface area contributed by atoms with Gasteiger partial charge in [-0.1, -0.05) is 45.0 Å². The molecule has 2 rings (SSSR count). The molecule has 1 aromatic heterocycles. The van der Waals surface area contributed by atoms with Crippen LogP contribution in [0.5, 0.6) is 0 Å². The molecule has 1 aromatic carbocycles. The van der Waals surface area contributed by atoms with Gasteiger partial charge in [-0.25, -0.2) is 0 Å². The van der Waals surface area contributed by atoms with Crippen LogP contribution in [-0.4, -0.2) is 16.1 Å². The van der Waals surface area contributed by atoms with E-state index in [0.29, 0.717) is 11.5 Å². The maximum absolute atomic E-state index is 12.4. The van der Waals surface area contributed by atoms with E-state index in [2.05, 4.69) is 60.6 Å². The van der Waals surface area contributed by atoms with Gasteiger partial charge in [0, 0.05) is 5.69 Å². The molecule has 1 unspecified atom stereocenters. The van der Waals surface area contributed by atoms with Crippen LogP contribution in [0.1, 0.15) is 54.0 Å². The third-order valence-corrected chi connectivity index (χ3v) is 3.77. The number of hydrogen-bond donors (Lipinski definition) is 2. The molecule has 21 heavy (non-hydrogen) atoms. The molecule has 1 heterocycles. The highest BCUT2D eigenvalue weighted by molar-refractivity contribution is 5.95. The second-order valence-corrected chi connectivity index (χ2v) is 5.70. The molecule has 0 aliphatic rings. The smallest absolute Gasteiger partial charge is 0.255 e. The zero-order chi connectivity index (χ0) is 15.4. The van der Waals surface area contributed by atoms with Gasteiger partial charge in [-0.05, 0) is 30.4 Å². The van der Waals surface area contributed by atoms with Crippen molar-refractivity contribution in [1.29, 1.82) is 0 Å². The molecule has 0 saturated heterocycles. The van der Waals surface area contributed by atoms with E-state index in [0.717, 1.165) is 17.7 Å². The Morgan fingerprint density at radius 2 is 1.95 bits per heavy atom. The number of nitrogens with zero attached hydrogens (tertiary/aromatic N) is 1. The van der Waals surface area contributed by atoms with E-state index < -0.39 is 0 Å². The van der Waals surface area contributed by atoms with E-state index in [1.165, 1.54) is 5.56 Å². The van der Waals surface area contributed by atoms with Crippen LogP contribution in [0.2, 0.25) is 0 Å². The number of benzene rings is 1. The zero-order valence-electron chi connectivity index (χ0n) is 13.1. The van der Waals surface area contributed by atoms with Crippen LogP contribution >= 0.6 is 0 Å². The highest BCUT2D eigenvalue weighted by atomic mass is 16.1. The van der Waals surface area contributed by atoms with Crippen LogP contribution in [0, 0.1) is 12.8 Å². The van der Waals surface area contributed by atoms with E-state index >= 15 is 0 Å². The molecular weight excluding hydrogens is 262 g/mol. The number of carbonyl (C=O) groups is 1. The monoisotopic (exact) mass is 285 g/mol. The van der Waals surface area contributed by atoms with Crippen molar-refractivity contribution in [1.82, 2.24) is 15.5 Å². The van der Waals surface area contributed by atoms with Crippen LogP contribution in [0.15, 0.2) is 30.5 Å². The lowest BCUT2D eigenvalue weighted by Crippen LogP contribution is -2.32. The molecule has 112 valence electrons. The van der Waals surface area contributed by atoms with Gasteiger partial charge in [-0.3, -0.25) is 9.89 Å². The number of hydrogen-bond acceptors (Lipinski definition) is 2. The Morgan fingerprint density at radius 1 is 1.29 bits per heavy atom. The Morgan fingerprint density at radius 3 is 2.43 bits per heavy atom. The van der Waals surface area contributed by atoms with E-state index in [-0.39, 0.29) is 11.9 Å². The summed E-state index contributed by atoms with van der Waals surface area (Å²) in [6.45, 7) is 8.21. The van der Waals surface area contributed by atoms with Crippen LogP contribution < -0.4 is 5.32 Å². The average Bonchev–Trinajstić information content (AvgIpc) is 2.90. The Kier molecular flexibility index (Phi) is 4.78. The molecule has 4 nitrogen and oxygen atoms in total. The first kappa shape index (κ1) is 15.3. The summed E-state index contributed by atoms with van der Waals surface area (Å²) in [5.41, 5.74) is 3.83. The van der Waals surface area contributed by atoms with Crippen molar-refractivity contribution in [2.24, 2.45) is 5.92 Å². The highest BCUT2D eigenvalue weighted by Crippen LogP contribution is 2.23. The molecule has 2 N–H and O–H groups in total. The number of carbonyl (C=O) groups excluding carboxylic acids is 1. The van der Waals surface area contributed by atoms with Crippen LogP contribution in [0.25, 0.3) is 0 Å². The van der Waals surface area contributed by atoms with E-state index in [1.807, 2.05) is 6.92 Å². The Hall–Kier alpha value is -2.10. The van der Waals surface area contributed by atoms with Gasteiger partial charge >= 0.3 is 0 Å². The molecule has 1 atom stereocenters.